The average molecular weight is 245 g/mol. The van der Waals surface area contributed by atoms with Crippen molar-refractivity contribution in [3.8, 4) is 0 Å². The summed E-state index contributed by atoms with van der Waals surface area (Å²) < 4.78 is 0.866. The molecule has 0 atom stereocenters. The van der Waals surface area contributed by atoms with Gasteiger partial charge in [0.1, 0.15) is 4.88 Å². The van der Waals surface area contributed by atoms with Crippen LogP contribution in [0.1, 0.15) is 35.6 Å². The quantitative estimate of drug-likeness (QED) is 0.809. The number of aryl methyl sites for hydroxylation is 1. The maximum atomic E-state index is 10.8. The summed E-state index contributed by atoms with van der Waals surface area (Å²) in [4.78, 5) is 15.4. The van der Waals surface area contributed by atoms with Crippen LogP contribution >= 0.6 is 23.1 Å². The van der Waals surface area contributed by atoms with Gasteiger partial charge < -0.3 is 5.11 Å². The first-order chi connectivity index (χ1) is 7.00. The number of aromatic nitrogens is 1. The van der Waals surface area contributed by atoms with Gasteiger partial charge in [-0.1, -0.05) is 25.6 Å². The summed E-state index contributed by atoms with van der Waals surface area (Å²) in [6.45, 7) is 6.10. The highest BCUT2D eigenvalue weighted by Crippen LogP contribution is 2.28. The van der Waals surface area contributed by atoms with Gasteiger partial charge in [-0.2, -0.15) is 0 Å². The molecule has 0 radical (unpaired) electrons. The van der Waals surface area contributed by atoms with Crippen LogP contribution in [-0.2, 0) is 0 Å². The highest BCUT2D eigenvalue weighted by molar-refractivity contribution is 8.01. The molecule has 15 heavy (non-hydrogen) atoms. The van der Waals surface area contributed by atoms with E-state index in [1.54, 1.807) is 18.7 Å². The van der Waals surface area contributed by atoms with E-state index in [0.29, 0.717) is 16.5 Å². The van der Waals surface area contributed by atoms with Crippen molar-refractivity contribution >= 4 is 29.1 Å². The van der Waals surface area contributed by atoms with Crippen LogP contribution in [-0.4, -0.2) is 21.8 Å². The van der Waals surface area contributed by atoms with Crippen molar-refractivity contribution < 1.29 is 9.90 Å². The predicted molar refractivity (Wildman–Crippen MR) is 64.0 cm³/mol. The lowest BCUT2D eigenvalue weighted by atomic mass is 10.2. The Balaban J connectivity index is 2.56. The Morgan fingerprint density at radius 2 is 2.27 bits per heavy atom. The van der Waals surface area contributed by atoms with E-state index in [0.717, 1.165) is 16.5 Å². The van der Waals surface area contributed by atoms with Crippen LogP contribution in [0.15, 0.2) is 4.34 Å². The van der Waals surface area contributed by atoms with Gasteiger partial charge in [0, 0.05) is 5.75 Å². The second-order valence-corrected chi connectivity index (χ2v) is 6.07. The van der Waals surface area contributed by atoms with E-state index in [1.165, 1.54) is 11.3 Å². The molecule has 0 aromatic carbocycles. The van der Waals surface area contributed by atoms with Crippen LogP contribution in [0.2, 0.25) is 0 Å². The molecule has 0 saturated carbocycles. The summed E-state index contributed by atoms with van der Waals surface area (Å²) in [5.41, 5.74) is 0.625. The Kier molecular flexibility index (Phi) is 4.60. The minimum Gasteiger partial charge on any atom is -0.477 e. The topological polar surface area (TPSA) is 50.2 Å². The van der Waals surface area contributed by atoms with Crippen LogP contribution in [0.5, 0.6) is 0 Å². The molecule has 0 unspecified atom stereocenters. The first-order valence-electron chi connectivity index (χ1n) is 4.84. The summed E-state index contributed by atoms with van der Waals surface area (Å²) >= 11 is 2.92. The molecule has 1 rings (SSSR count). The van der Waals surface area contributed by atoms with Gasteiger partial charge in [-0.15, -0.1) is 11.3 Å². The Hall–Kier alpha value is -0.550. The molecule has 0 aliphatic rings. The van der Waals surface area contributed by atoms with E-state index in [1.807, 2.05) is 0 Å². The number of rotatable bonds is 5. The standard InChI is InChI=1S/C10H15NO2S2/c1-6(2)4-5-14-10-11-7(3)8(15-10)9(12)13/h6H,4-5H2,1-3H3,(H,12,13). The Morgan fingerprint density at radius 1 is 1.60 bits per heavy atom. The van der Waals surface area contributed by atoms with Gasteiger partial charge in [-0.3, -0.25) is 0 Å². The van der Waals surface area contributed by atoms with Crippen LogP contribution in [0.3, 0.4) is 0 Å². The fourth-order valence-corrected chi connectivity index (χ4v) is 3.35. The highest BCUT2D eigenvalue weighted by atomic mass is 32.2. The number of hydrogen-bond acceptors (Lipinski definition) is 4. The molecule has 0 bridgehead atoms. The van der Waals surface area contributed by atoms with Crippen molar-refractivity contribution in [3.05, 3.63) is 10.6 Å². The Labute approximate surface area is 97.9 Å². The minimum absolute atomic E-state index is 0.363. The maximum absolute atomic E-state index is 10.8. The van der Waals surface area contributed by atoms with E-state index < -0.39 is 5.97 Å². The molecule has 0 aliphatic heterocycles. The number of nitrogens with zero attached hydrogens (tertiary/aromatic N) is 1. The van der Waals surface area contributed by atoms with Crippen molar-refractivity contribution in [3.63, 3.8) is 0 Å². The molecule has 1 aromatic rings. The molecular weight excluding hydrogens is 230 g/mol. The fourth-order valence-electron chi connectivity index (χ4n) is 1.01. The van der Waals surface area contributed by atoms with E-state index in [9.17, 15) is 4.79 Å². The van der Waals surface area contributed by atoms with Gasteiger partial charge in [0.2, 0.25) is 0 Å². The van der Waals surface area contributed by atoms with Crippen LogP contribution < -0.4 is 0 Å². The molecule has 0 saturated heterocycles. The van der Waals surface area contributed by atoms with Gasteiger partial charge in [-0.05, 0) is 19.3 Å². The minimum atomic E-state index is -0.874. The lowest BCUT2D eigenvalue weighted by Crippen LogP contribution is -1.94. The molecule has 0 fully saturated rings. The highest BCUT2D eigenvalue weighted by Gasteiger charge is 2.13. The third-order valence-electron chi connectivity index (χ3n) is 1.89. The lowest BCUT2D eigenvalue weighted by molar-refractivity contribution is 0.0701. The summed E-state index contributed by atoms with van der Waals surface area (Å²) in [7, 11) is 0. The van der Waals surface area contributed by atoms with Crippen LogP contribution in [0.25, 0.3) is 0 Å². The number of carbonyl (C=O) groups is 1. The van der Waals surface area contributed by atoms with E-state index in [-0.39, 0.29) is 0 Å². The van der Waals surface area contributed by atoms with E-state index in [4.69, 9.17) is 5.11 Å². The van der Waals surface area contributed by atoms with Gasteiger partial charge >= 0.3 is 5.97 Å². The maximum Gasteiger partial charge on any atom is 0.347 e. The van der Waals surface area contributed by atoms with Gasteiger partial charge in [-0.25, -0.2) is 9.78 Å². The first kappa shape index (κ1) is 12.5. The van der Waals surface area contributed by atoms with Crippen LogP contribution in [0, 0.1) is 12.8 Å². The molecule has 1 heterocycles. The number of aromatic carboxylic acids is 1. The number of carboxylic acids is 1. The smallest absolute Gasteiger partial charge is 0.347 e. The summed E-state index contributed by atoms with van der Waals surface area (Å²) in [6.07, 6.45) is 1.13. The van der Waals surface area contributed by atoms with Gasteiger partial charge in [0.25, 0.3) is 0 Å². The molecule has 5 heteroatoms. The summed E-state index contributed by atoms with van der Waals surface area (Å²) in [5.74, 6) is 0.808. The van der Waals surface area contributed by atoms with Crippen molar-refractivity contribution in [2.75, 3.05) is 5.75 Å². The summed E-state index contributed by atoms with van der Waals surface area (Å²) in [6, 6.07) is 0. The number of thiazole rings is 1. The zero-order valence-corrected chi connectivity index (χ0v) is 10.7. The predicted octanol–water partition coefficient (Wildman–Crippen LogP) is 3.29. The largest absolute Gasteiger partial charge is 0.477 e. The number of hydrogen-bond donors (Lipinski definition) is 1. The zero-order chi connectivity index (χ0) is 11.4. The molecule has 1 aromatic heterocycles. The van der Waals surface area contributed by atoms with Crippen molar-refractivity contribution in [1.82, 2.24) is 4.98 Å². The lowest BCUT2D eigenvalue weighted by Gasteiger charge is -2.00. The molecular formula is C10H15NO2S2. The molecule has 3 nitrogen and oxygen atoms in total. The monoisotopic (exact) mass is 245 g/mol. The van der Waals surface area contributed by atoms with Crippen molar-refractivity contribution in [2.24, 2.45) is 5.92 Å². The Morgan fingerprint density at radius 3 is 2.73 bits per heavy atom. The second kappa shape index (κ2) is 5.51. The SMILES string of the molecule is Cc1nc(SCCC(C)C)sc1C(=O)O. The van der Waals surface area contributed by atoms with Crippen molar-refractivity contribution in [1.29, 1.82) is 0 Å². The molecule has 0 amide bonds. The average Bonchev–Trinajstić information content (AvgIpc) is 2.46. The number of carboxylic acid groups (broad SMARTS) is 1. The fraction of sp³-hybridized carbons (Fsp3) is 0.600. The Bertz CT molecular complexity index is 347. The number of thioether (sulfide) groups is 1. The van der Waals surface area contributed by atoms with Crippen molar-refractivity contribution in [2.45, 2.75) is 31.5 Å². The van der Waals surface area contributed by atoms with Gasteiger partial charge in [0.05, 0.1) is 5.69 Å². The van der Waals surface area contributed by atoms with Gasteiger partial charge in [0.15, 0.2) is 4.34 Å². The van der Waals surface area contributed by atoms with Crippen LogP contribution in [0.4, 0.5) is 0 Å². The molecule has 0 aliphatic carbocycles. The third kappa shape index (κ3) is 3.83. The zero-order valence-electron chi connectivity index (χ0n) is 9.11. The molecule has 84 valence electrons. The summed E-state index contributed by atoms with van der Waals surface area (Å²) in [5, 5.41) is 8.85. The molecule has 1 N–H and O–H groups in total. The van der Waals surface area contributed by atoms with E-state index in [2.05, 4.69) is 18.8 Å². The van der Waals surface area contributed by atoms with E-state index >= 15 is 0 Å². The third-order valence-corrected chi connectivity index (χ3v) is 4.21. The first-order valence-corrected chi connectivity index (χ1v) is 6.64. The normalized spacial score (nSPS) is 10.9. The molecule has 0 spiro atoms. The second-order valence-electron chi connectivity index (χ2n) is 3.73.